The van der Waals surface area contributed by atoms with Crippen LogP contribution in [0.25, 0.3) is 6.08 Å². The van der Waals surface area contributed by atoms with Crippen molar-refractivity contribution in [2.45, 2.75) is 0 Å². The van der Waals surface area contributed by atoms with Crippen molar-refractivity contribution in [3.63, 3.8) is 0 Å². The number of carbonyl (C=O) groups excluding carboxylic acids is 1. The van der Waals surface area contributed by atoms with Crippen molar-refractivity contribution < 1.29 is 18.7 Å². The van der Waals surface area contributed by atoms with E-state index in [0.717, 1.165) is 5.56 Å². The van der Waals surface area contributed by atoms with Gasteiger partial charge in [-0.15, -0.1) is 0 Å². The lowest BCUT2D eigenvalue weighted by Gasteiger charge is -2.18. The maximum Gasteiger partial charge on any atom is 0.248 e. The largest absolute Gasteiger partial charge is 0.486 e. The number of fused-ring (bicyclic) bond motifs is 1. The Morgan fingerprint density at radius 2 is 1.96 bits per heavy atom. The Labute approximate surface area is 137 Å². The minimum absolute atomic E-state index is 0.0364. The Kier molecular flexibility index (Phi) is 4.48. The SMILES string of the molecule is O=C(/C=C/c1ccc2c(c1)OCCO2)Nc1cccc(Cl)c1F. The van der Waals surface area contributed by atoms with Crippen LogP contribution in [0.4, 0.5) is 10.1 Å². The third-order valence-corrected chi connectivity index (χ3v) is 3.49. The Morgan fingerprint density at radius 3 is 2.78 bits per heavy atom. The fourth-order valence-electron chi connectivity index (χ4n) is 2.11. The molecule has 0 aliphatic carbocycles. The lowest BCUT2D eigenvalue weighted by atomic mass is 10.2. The predicted octanol–water partition coefficient (Wildman–Crippen LogP) is 3.90. The van der Waals surface area contributed by atoms with Gasteiger partial charge in [0.2, 0.25) is 5.91 Å². The molecule has 1 amide bonds. The van der Waals surface area contributed by atoms with E-state index in [9.17, 15) is 9.18 Å². The number of anilines is 1. The molecule has 23 heavy (non-hydrogen) atoms. The Balaban J connectivity index is 1.70. The molecule has 0 fully saturated rings. The first-order valence-corrected chi connectivity index (χ1v) is 7.34. The second kappa shape index (κ2) is 6.71. The molecule has 0 atom stereocenters. The van der Waals surface area contributed by atoms with Crippen molar-refractivity contribution in [2.24, 2.45) is 0 Å². The number of hydrogen-bond acceptors (Lipinski definition) is 3. The van der Waals surface area contributed by atoms with Crippen LogP contribution in [0.5, 0.6) is 11.5 Å². The van der Waals surface area contributed by atoms with Crippen LogP contribution in [0.15, 0.2) is 42.5 Å². The average molecular weight is 334 g/mol. The molecule has 0 spiro atoms. The second-order valence-electron chi connectivity index (χ2n) is 4.83. The van der Waals surface area contributed by atoms with Gasteiger partial charge in [0.1, 0.15) is 13.2 Å². The van der Waals surface area contributed by atoms with Gasteiger partial charge in [0.15, 0.2) is 17.3 Å². The summed E-state index contributed by atoms with van der Waals surface area (Å²) >= 11 is 5.67. The maximum atomic E-state index is 13.7. The molecule has 1 N–H and O–H groups in total. The number of benzene rings is 2. The molecule has 4 nitrogen and oxygen atoms in total. The summed E-state index contributed by atoms with van der Waals surface area (Å²) in [6, 6.07) is 9.78. The van der Waals surface area contributed by atoms with Crippen molar-refractivity contribution in [3.05, 3.63) is 58.9 Å². The first kappa shape index (κ1) is 15.4. The third kappa shape index (κ3) is 3.63. The molecule has 3 rings (SSSR count). The molecular weight excluding hydrogens is 321 g/mol. The zero-order valence-corrected chi connectivity index (χ0v) is 12.8. The summed E-state index contributed by atoms with van der Waals surface area (Å²) in [5.74, 6) is 0.204. The minimum atomic E-state index is -0.657. The second-order valence-corrected chi connectivity index (χ2v) is 5.23. The van der Waals surface area contributed by atoms with E-state index >= 15 is 0 Å². The standard InChI is InChI=1S/C17H13ClFNO3/c18-12-2-1-3-13(17(12)19)20-16(21)7-5-11-4-6-14-15(10-11)23-9-8-22-14/h1-7,10H,8-9H2,(H,20,21)/b7-5+. The highest BCUT2D eigenvalue weighted by Crippen LogP contribution is 2.31. The van der Waals surface area contributed by atoms with E-state index in [0.29, 0.717) is 24.7 Å². The molecule has 118 valence electrons. The lowest BCUT2D eigenvalue weighted by Crippen LogP contribution is -2.15. The van der Waals surface area contributed by atoms with Gasteiger partial charge < -0.3 is 14.8 Å². The molecule has 0 saturated heterocycles. The van der Waals surface area contributed by atoms with E-state index in [1.165, 1.54) is 18.2 Å². The molecule has 2 aromatic carbocycles. The summed E-state index contributed by atoms with van der Waals surface area (Å²) in [6.07, 6.45) is 2.92. The van der Waals surface area contributed by atoms with Crippen LogP contribution in [0.1, 0.15) is 5.56 Å². The lowest BCUT2D eigenvalue weighted by molar-refractivity contribution is -0.111. The molecule has 0 bridgehead atoms. The summed E-state index contributed by atoms with van der Waals surface area (Å²) in [5.41, 5.74) is 0.810. The Morgan fingerprint density at radius 1 is 1.17 bits per heavy atom. The highest BCUT2D eigenvalue weighted by Gasteiger charge is 2.11. The summed E-state index contributed by atoms with van der Waals surface area (Å²) in [6.45, 7) is 1.02. The number of ether oxygens (including phenoxy) is 2. The fourth-order valence-corrected chi connectivity index (χ4v) is 2.28. The first-order chi connectivity index (χ1) is 11.1. The van der Waals surface area contributed by atoms with Crippen LogP contribution < -0.4 is 14.8 Å². The third-order valence-electron chi connectivity index (χ3n) is 3.20. The van der Waals surface area contributed by atoms with Crippen molar-refractivity contribution in [2.75, 3.05) is 18.5 Å². The molecule has 1 aliphatic heterocycles. The number of rotatable bonds is 3. The van der Waals surface area contributed by atoms with Crippen molar-refractivity contribution in [3.8, 4) is 11.5 Å². The van der Waals surface area contributed by atoms with Gasteiger partial charge in [-0.05, 0) is 35.9 Å². The quantitative estimate of drug-likeness (QED) is 0.866. The number of amides is 1. The number of carbonyl (C=O) groups is 1. The van der Waals surface area contributed by atoms with E-state index in [1.807, 2.05) is 0 Å². The fraction of sp³-hybridized carbons (Fsp3) is 0.118. The highest BCUT2D eigenvalue weighted by molar-refractivity contribution is 6.31. The topological polar surface area (TPSA) is 47.6 Å². The zero-order chi connectivity index (χ0) is 16.2. The molecule has 1 heterocycles. The van der Waals surface area contributed by atoms with Gasteiger partial charge in [-0.3, -0.25) is 4.79 Å². The predicted molar refractivity (Wildman–Crippen MR) is 86.5 cm³/mol. The summed E-state index contributed by atoms with van der Waals surface area (Å²) in [4.78, 5) is 11.9. The van der Waals surface area contributed by atoms with Crippen LogP contribution in [-0.4, -0.2) is 19.1 Å². The molecular formula is C17H13ClFNO3. The van der Waals surface area contributed by atoms with E-state index in [-0.39, 0.29) is 10.7 Å². The van der Waals surface area contributed by atoms with E-state index in [2.05, 4.69) is 5.32 Å². The van der Waals surface area contributed by atoms with Crippen LogP contribution in [0, 0.1) is 5.82 Å². The van der Waals surface area contributed by atoms with Gasteiger partial charge in [0.05, 0.1) is 10.7 Å². The van der Waals surface area contributed by atoms with Gasteiger partial charge in [-0.2, -0.15) is 0 Å². The first-order valence-electron chi connectivity index (χ1n) is 6.96. The molecule has 2 aromatic rings. The smallest absolute Gasteiger partial charge is 0.248 e. The van der Waals surface area contributed by atoms with E-state index in [4.69, 9.17) is 21.1 Å². The average Bonchev–Trinajstić information content (AvgIpc) is 2.57. The van der Waals surface area contributed by atoms with Gasteiger partial charge in [-0.1, -0.05) is 23.7 Å². The van der Waals surface area contributed by atoms with Crippen molar-refractivity contribution >= 4 is 29.3 Å². The van der Waals surface area contributed by atoms with Gasteiger partial charge >= 0.3 is 0 Å². The molecule has 1 aliphatic rings. The van der Waals surface area contributed by atoms with Crippen molar-refractivity contribution in [1.29, 1.82) is 0 Å². The maximum absolute atomic E-state index is 13.7. The van der Waals surface area contributed by atoms with Crippen LogP contribution in [-0.2, 0) is 4.79 Å². The number of halogens is 2. The Bertz CT molecular complexity index is 776. The molecule has 0 radical (unpaired) electrons. The molecule has 0 unspecified atom stereocenters. The molecule has 0 aromatic heterocycles. The monoisotopic (exact) mass is 333 g/mol. The van der Waals surface area contributed by atoms with E-state index < -0.39 is 11.7 Å². The normalized spacial score (nSPS) is 13.1. The summed E-state index contributed by atoms with van der Waals surface area (Å²) in [7, 11) is 0. The Hall–Kier alpha value is -2.53. The van der Waals surface area contributed by atoms with Crippen molar-refractivity contribution in [1.82, 2.24) is 0 Å². The summed E-state index contributed by atoms with van der Waals surface area (Å²) in [5, 5.41) is 2.40. The van der Waals surface area contributed by atoms with E-state index in [1.54, 1.807) is 30.3 Å². The summed E-state index contributed by atoms with van der Waals surface area (Å²) < 4.78 is 24.6. The zero-order valence-electron chi connectivity index (χ0n) is 12.0. The van der Waals surface area contributed by atoms with Crippen LogP contribution in [0.3, 0.4) is 0 Å². The molecule has 0 saturated carbocycles. The van der Waals surface area contributed by atoms with Crippen LogP contribution in [0.2, 0.25) is 5.02 Å². The highest BCUT2D eigenvalue weighted by atomic mass is 35.5. The van der Waals surface area contributed by atoms with Crippen LogP contribution >= 0.6 is 11.6 Å². The minimum Gasteiger partial charge on any atom is -0.486 e. The van der Waals surface area contributed by atoms with Gasteiger partial charge in [-0.25, -0.2) is 4.39 Å². The van der Waals surface area contributed by atoms with Gasteiger partial charge in [0, 0.05) is 6.08 Å². The molecule has 6 heteroatoms. The number of hydrogen-bond donors (Lipinski definition) is 1. The number of nitrogens with one attached hydrogen (secondary N) is 1. The van der Waals surface area contributed by atoms with Gasteiger partial charge in [0.25, 0.3) is 0 Å².